The van der Waals surface area contributed by atoms with Crippen molar-refractivity contribution in [3.05, 3.63) is 95.1 Å². The molecule has 0 saturated carbocycles. The highest BCUT2D eigenvalue weighted by Crippen LogP contribution is 2.55. The van der Waals surface area contributed by atoms with Gasteiger partial charge in [-0.05, 0) is 65.3 Å². The molecule has 3 aromatic carbocycles. The summed E-state index contributed by atoms with van der Waals surface area (Å²) in [4.78, 5) is 12.8. The van der Waals surface area contributed by atoms with Crippen molar-refractivity contribution < 1.29 is 17.9 Å². The average Bonchev–Trinajstić information content (AvgIpc) is 2.85. The lowest BCUT2D eigenvalue weighted by molar-refractivity contribution is -0.121. The Morgan fingerprint density at radius 1 is 0.912 bits per heavy atom. The molecule has 1 unspecified atom stereocenters. The van der Waals surface area contributed by atoms with Crippen LogP contribution in [0.2, 0.25) is 0 Å². The minimum atomic E-state index is -3.22. The van der Waals surface area contributed by atoms with E-state index in [9.17, 15) is 13.2 Å². The SMILES string of the molecule is CS(=O)(=O)c1ccc(OCCCC(=O)NCC2CC3c4ccccc4C2c2ccccc23)cc1. The number of nitrogens with one attached hydrogen (secondary N) is 1. The van der Waals surface area contributed by atoms with Gasteiger partial charge >= 0.3 is 0 Å². The first-order chi connectivity index (χ1) is 16.4. The van der Waals surface area contributed by atoms with Crippen molar-refractivity contribution in [2.45, 2.75) is 36.0 Å². The largest absolute Gasteiger partial charge is 0.494 e. The fourth-order valence-corrected chi connectivity index (χ4v) is 6.13. The summed E-state index contributed by atoms with van der Waals surface area (Å²) in [5, 5.41) is 3.16. The lowest BCUT2D eigenvalue weighted by Gasteiger charge is -2.45. The molecular formula is C28H29NO4S. The molecule has 0 fully saturated rings. The van der Waals surface area contributed by atoms with E-state index in [0.29, 0.717) is 49.5 Å². The van der Waals surface area contributed by atoms with Crippen LogP contribution >= 0.6 is 0 Å². The number of rotatable bonds is 8. The fourth-order valence-electron chi connectivity index (χ4n) is 5.50. The van der Waals surface area contributed by atoms with Crippen LogP contribution in [-0.4, -0.2) is 33.7 Å². The highest BCUT2D eigenvalue weighted by Gasteiger charge is 2.42. The minimum absolute atomic E-state index is 0.0408. The number of benzene rings is 3. The number of fused-ring (bicyclic) bond motifs is 1. The molecule has 1 amide bonds. The maximum atomic E-state index is 12.5. The van der Waals surface area contributed by atoms with Gasteiger partial charge in [-0.3, -0.25) is 4.79 Å². The fraction of sp³-hybridized carbons (Fsp3) is 0.321. The van der Waals surface area contributed by atoms with Crippen LogP contribution in [0.1, 0.15) is 53.4 Å². The second-order valence-electron chi connectivity index (χ2n) is 9.28. The molecule has 0 aromatic heterocycles. The van der Waals surface area contributed by atoms with E-state index in [0.717, 1.165) is 6.42 Å². The van der Waals surface area contributed by atoms with E-state index in [1.165, 1.54) is 40.6 Å². The van der Waals surface area contributed by atoms with E-state index >= 15 is 0 Å². The molecule has 6 rings (SSSR count). The lowest BCUT2D eigenvalue weighted by atomic mass is 9.59. The van der Waals surface area contributed by atoms with E-state index in [-0.39, 0.29) is 10.8 Å². The van der Waals surface area contributed by atoms with Gasteiger partial charge in [0.05, 0.1) is 11.5 Å². The zero-order valence-corrected chi connectivity index (χ0v) is 20.1. The highest BCUT2D eigenvalue weighted by molar-refractivity contribution is 7.90. The standard InChI is InChI=1S/C28H29NO4S/c1-34(31,32)21-14-12-20(13-15-21)33-16-6-11-27(30)29-18-19-17-26-22-7-2-4-9-24(22)28(19)25-10-5-3-8-23(25)26/h2-5,7-10,12-15,19,26,28H,6,11,16-18H2,1H3,(H,29,30). The number of ether oxygens (including phenoxy) is 1. The summed E-state index contributed by atoms with van der Waals surface area (Å²) in [6.07, 6.45) is 3.24. The number of carbonyl (C=O) groups is 1. The first kappa shape index (κ1) is 22.7. The lowest BCUT2D eigenvalue weighted by Crippen LogP contribution is -2.39. The number of amides is 1. The van der Waals surface area contributed by atoms with E-state index in [2.05, 4.69) is 53.8 Å². The van der Waals surface area contributed by atoms with Crippen LogP contribution < -0.4 is 10.1 Å². The predicted octanol–water partition coefficient (Wildman–Crippen LogP) is 4.66. The summed E-state index contributed by atoms with van der Waals surface area (Å²) < 4.78 is 28.7. The molecule has 0 heterocycles. The molecule has 1 N–H and O–H groups in total. The predicted molar refractivity (Wildman–Crippen MR) is 132 cm³/mol. The molecule has 0 spiro atoms. The minimum Gasteiger partial charge on any atom is -0.494 e. The van der Waals surface area contributed by atoms with Crippen molar-refractivity contribution in [1.82, 2.24) is 5.32 Å². The molecule has 3 aliphatic carbocycles. The Hall–Kier alpha value is -3.12. The number of sulfone groups is 1. The quantitative estimate of drug-likeness (QED) is 0.481. The number of carbonyl (C=O) groups excluding carboxylic acids is 1. The van der Waals surface area contributed by atoms with Gasteiger partial charge in [0.1, 0.15) is 5.75 Å². The maximum absolute atomic E-state index is 12.5. The Labute approximate surface area is 201 Å². The van der Waals surface area contributed by atoms with Crippen LogP contribution in [-0.2, 0) is 14.6 Å². The van der Waals surface area contributed by atoms with Gasteiger partial charge in [0.15, 0.2) is 9.84 Å². The van der Waals surface area contributed by atoms with Crippen LogP contribution in [0.3, 0.4) is 0 Å². The molecule has 0 saturated heterocycles. The van der Waals surface area contributed by atoms with Crippen molar-refractivity contribution >= 4 is 15.7 Å². The Morgan fingerprint density at radius 3 is 2.09 bits per heavy atom. The van der Waals surface area contributed by atoms with Crippen LogP contribution in [0, 0.1) is 5.92 Å². The molecule has 0 radical (unpaired) electrons. The highest BCUT2D eigenvalue weighted by atomic mass is 32.2. The van der Waals surface area contributed by atoms with Gasteiger partial charge in [0, 0.05) is 31.1 Å². The molecule has 3 aromatic rings. The van der Waals surface area contributed by atoms with E-state index in [4.69, 9.17) is 4.74 Å². The van der Waals surface area contributed by atoms with Gasteiger partial charge in [-0.25, -0.2) is 8.42 Å². The first-order valence-corrected chi connectivity index (χ1v) is 13.7. The Kier molecular flexibility index (Phi) is 6.17. The summed E-state index contributed by atoms with van der Waals surface area (Å²) in [5.41, 5.74) is 5.70. The summed E-state index contributed by atoms with van der Waals surface area (Å²) in [7, 11) is -3.22. The third kappa shape index (κ3) is 4.47. The second kappa shape index (κ2) is 9.26. The summed E-state index contributed by atoms with van der Waals surface area (Å²) in [6.45, 7) is 1.08. The van der Waals surface area contributed by atoms with Gasteiger partial charge in [0.2, 0.25) is 5.91 Å². The van der Waals surface area contributed by atoms with Gasteiger partial charge < -0.3 is 10.1 Å². The molecule has 0 aliphatic heterocycles. The number of hydrogen-bond donors (Lipinski definition) is 1. The van der Waals surface area contributed by atoms with Gasteiger partial charge in [-0.15, -0.1) is 0 Å². The summed E-state index contributed by atoms with van der Waals surface area (Å²) in [6, 6.07) is 23.8. The van der Waals surface area contributed by atoms with Crippen molar-refractivity contribution in [3.63, 3.8) is 0 Å². The van der Waals surface area contributed by atoms with Gasteiger partial charge in [-0.2, -0.15) is 0 Å². The topological polar surface area (TPSA) is 72.5 Å². The molecule has 5 nitrogen and oxygen atoms in total. The zero-order chi connectivity index (χ0) is 23.7. The van der Waals surface area contributed by atoms with Crippen LogP contribution in [0.4, 0.5) is 0 Å². The monoisotopic (exact) mass is 475 g/mol. The van der Waals surface area contributed by atoms with E-state index in [1.807, 2.05) is 0 Å². The van der Waals surface area contributed by atoms with Crippen LogP contribution in [0.25, 0.3) is 0 Å². The molecule has 176 valence electrons. The molecule has 34 heavy (non-hydrogen) atoms. The van der Waals surface area contributed by atoms with Crippen LogP contribution in [0.5, 0.6) is 5.75 Å². The summed E-state index contributed by atoms with van der Waals surface area (Å²) >= 11 is 0. The zero-order valence-electron chi connectivity index (χ0n) is 19.2. The van der Waals surface area contributed by atoms with E-state index < -0.39 is 9.84 Å². The van der Waals surface area contributed by atoms with Crippen molar-refractivity contribution in [2.24, 2.45) is 5.92 Å². The smallest absolute Gasteiger partial charge is 0.220 e. The second-order valence-corrected chi connectivity index (χ2v) is 11.3. The Bertz CT molecular complexity index is 1250. The molecule has 1 atom stereocenters. The Balaban J connectivity index is 1.13. The van der Waals surface area contributed by atoms with Crippen molar-refractivity contribution in [3.8, 4) is 5.75 Å². The maximum Gasteiger partial charge on any atom is 0.220 e. The molecular weight excluding hydrogens is 446 g/mol. The summed E-state index contributed by atoms with van der Waals surface area (Å²) in [5.74, 6) is 1.77. The van der Waals surface area contributed by atoms with Gasteiger partial charge in [0.25, 0.3) is 0 Å². The molecule has 3 aliphatic rings. The first-order valence-electron chi connectivity index (χ1n) is 11.8. The van der Waals surface area contributed by atoms with Crippen LogP contribution in [0.15, 0.2) is 77.7 Å². The van der Waals surface area contributed by atoms with E-state index in [1.54, 1.807) is 12.1 Å². The molecule has 2 bridgehead atoms. The number of hydrogen-bond acceptors (Lipinski definition) is 4. The molecule has 6 heteroatoms. The van der Waals surface area contributed by atoms with Gasteiger partial charge in [-0.1, -0.05) is 48.5 Å². The van der Waals surface area contributed by atoms with Crippen molar-refractivity contribution in [1.29, 1.82) is 0 Å². The Morgan fingerprint density at radius 2 is 1.50 bits per heavy atom. The average molecular weight is 476 g/mol. The third-order valence-electron chi connectivity index (χ3n) is 7.05. The normalized spacial score (nSPS) is 20.3. The third-order valence-corrected chi connectivity index (χ3v) is 8.18. The van der Waals surface area contributed by atoms with Crippen molar-refractivity contribution in [2.75, 3.05) is 19.4 Å².